The van der Waals surface area contributed by atoms with Crippen molar-refractivity contribution in [3.63, 3.8) is 0 Å². The van der Waals surface area contributed by atoms with Crippen LogP contribution in [0.25, 0.3) is 0 Å². The van der Waals surface area contributed by atoms with E-state index in [9.17, 15) is 4.79 Å². The van der Waals surface area contributed by atoms with Crippen LogP contribution in [-0.2, 0) is 4.79 Å². The van der Waals surface area contributed by atoms with E-state index in [0.29, 0.717) is 18.9 Å². The lowest BCUT2D eigenvalue weighted by molar-refractivity contribution is -0.128. The lowest BCUT2D eigenvalue weighted by atomic mass is 10.2. The summed E-state index contributed by atoms with van der Waals surface area (Å²) in [5.74, 6) is 1.51. The molecule has 1 amide bonds. The summed E-state index contributed by atoms with van der Waals surface area (Å²) < 4.78 is 5.68. The summed E-state index contributed by atoms with van der Waals surface area (Å²) in [5, 5.41) is 0.0468. The Labute approximate surface area is 128 Å². The van der Waals surface area contributed by atoms with Crippen molar-refractivity contribution in [3.05, 3.63) is 60.4 Å². The van der Waals surface area contributed by atoms with Crippen molar-refractivity contribution in [1.82, 2.24) is 9.88 Å². The van der Waals surface area contributed by atoms with Crippen LogP contribution in [0.2, 0.25) is 0 Å². The zero-order valence-electron chi connectivity index (χ0n) is 11.5. The molecule has 0 aliphatic carbocycles. The highest BCUT2D eigenvalue weighted by Gasteiger charge is 2.32. The Bertz CT molecular complexity index is 592. The molecule has 3 rings (SSSR count). The Morgan fingerprint density at radius 2 is 2.10 bits per heavy atom. The number of hydrogen-bond donors (Lipinski definition) is 0. The number of amides is 1. The number of benzene rings is 1. The molecule has 5 heteroatoms. The molecule has 0 radical (unpaired) electrons. The van der Waals surface area contributed by atoms with Crippen molar-refractivity contribution in [2.75, 3.05) is 18.9 Å². The lowest BCUT2D eigenvalue weighted by Gasteiger charge is -2.23. The molecule has 1 saturated heterocycles. The minimum Gasteiger partial charge on any atom is -0.492 e. The molecule has 2 aromatic rings. The van der Waals surface area contributed by atoms with Crippen molar-refractivity contribution in [1.29, 1.82) is 0 Å². The maximum absolute atomic E-state index is 12.0. The second kappa shape index (κ2) is 6.63. The molecular weight excluding hydrogens is 284 g/mol. The van der Waals surface area contributed by atoms with Crippen molar-refractivity contribution >= 4 is 17.7 Å². The molecule has 1 aromatic carbocycles. The molecule has 0 saturated carbocycles. The standard InChI is InChI=1S/C16H16N2O2S/c19-15-12-21-16(13-5-4-8-17-11-13)18(15)9-10-20-14-6-2-1-3-7-14/h1-8,11,16H,9-10,12H2. The fourth-order valence-corrected chi connectivity index (χ4v) is 3.47. The minimum absolute atomic E-state index is 0.0468. The van der Waals surface area contributed by atoms with Gasteiger partial charge in [0, 0.05) is 18.0 Å². The summed E-state index contributed by atoms with van der Waals surface area (Å²) in [6, 6.07) is 13.6. The van der Waals surface area contributed by atoms with E-state index < -0.39 is 0 Å². The van der Waals surface area contributed by atoms with Crippen LogP contribution in [-0.4, -0.2) is 34.7 Å². The Morgan fingerprint density at radius 1 is 1.24 bits per heavy atom. The van der Waals surface area contributed by atoms with Gasteiger partial charge in [-0.15, -0.1) is 11.8 Å². The van der Waals surface area contributed by atoms with Gasteiger partial charge in [0.15, 0.2) is 0 Å². The number of carbonyl (C=O) groups is 1. The highest BCUT2D eigenvalue weighted by Crippen LogP contribution is 2.37. The number of ether oxygens (including phenoxy) is 1. The van der Waals surface area contributed by atoms with Gasteiger partial charge in [-0.3, -0.25) is 9.78 Å². The van der Waals surface area contributed by atoms with Gasteiger partial charge < -0.3 is 9.64 Å². The van der Waals surface area contributed by atoms with E-state index in [1.807, 2.05) is 53.6 Å². The number of nitrogens with zero attached hydrogens (tertiary/aromatic N) is 2. The number of pyridine rings is 1. The SMILES string of the molecule is O=C1CSC(c2cccnc2)N1CCOc1ccccc1. The Kier molecular flexibility index (Phi) is 4.40. The maximum Gasteiger partial charge on any atom is 0.233 e. The first kappa shape index (κ1) is 13.9. The first-order chi connectivity index (χ1) is 10.3. The van der Waals surface area contributed by atoms with Crippen LogP contribution in [0.4, 0.5) is 0 Å². The van der Waals surface area contributed by atoms with Crippen LogP contribution in [0, 0.1) is 0 Å². The lowest BCUT2D eigenvalue weighted by Crippen LogP contribution is -2.32. The highest BCUT2D eigenvalue weighted by molar-refractivity contribution is 8.00. The summed E-state index contributed by atoms with van der Waals surface area (Å²) in [4.78, 5) is 18.0. The average molecular weight is 300 g/mol. The Morgan fingerprint density at radius 3 is 2.86 bits per heavy atom. The van der Waals surface area contributed by atoms with Crippen LogP contribution in [0.15, 0.2) is 54.9 Å². The molecule has 1 unspecified atom stereocenters. The van der Waals surface area contributed by atoms with Gasteiger partial charge >= 0.3 is 0 Å². The molecular formula is C16H16N2O2S. The summed E-state index contributed by atoms with van der Waals surface area (Å²) in [5.41, 5.74) is 1.06. The normalized spacial score (nSPS) is 18.0. The van der Waals surface area contributed by atoms with Gasteiger partial charge in [0.05, 0.1) is 12.3 Å². The van der Waals surface area contributed by atoms with Gasteiger partial charge in [-0.1, -0.05) is 24.3 Å². The molecule has 0 N–H and O–H groups in total. The molecule has 4 nitrogen and oxygen atoms in total. The van der Waals surface area contributed by atoms with Gasteiger partial charge in [-0.25, -0.2) is 0 Å². The van der Waals surface area contributed by atoms with Crippen LogP contribution < -0.4 is 4.74 Å². The second-order valence-electron chi connectivity index (χ2n) is 4.70. The zero-order chi connectivity index (χ0) is 14.5. The van der Waals surface area contributed by atoms with Crippen molar-refractivity contribution < 1.29 is 9.53 Å². The smallest absolute Gasteiger partial charge is 0.233 e. The van der Waals surface area contributed by atoms with E-state index in [0.717, 1.165) is 11.3 Å². The topological polar surface area (TPSA) is 42.4 Å². The fourth-order valence-electron chi connectivity index (χ4n) is 2.27. The number of hydrogen-bond acceptors (Lipinski definition) is 4. The molecule has 1 fully saturated rings. The number of thioether (sulfide) groups is 1. The quantitative estimate of drug-likeness (QED) is 0.851. The third-order valence-corrected chi connectivity index (χ3v) is 4.54. The van der Waals surface area contributed by atoms with E-state index in [4.69, 9.17) is 4.74 Å². The molecule has 1 aliphatic rings. The van der Waals surface area contributed by atoms with Gasteiger partial charge in [0.25, 0.3) is 0 Å². The number of carbonyl (C=O) groups excluding carboxylic acids is 1. The van der Waals surface area contributed by atoms with Crippen LogP contribution in [0.5, 0.6) is 5.75 Å². The number of para-hydroxylation sites is 1. The summed E-state index contributed by atoms with van der Waals surface area (Å²) >= 11 is 1.64. The number of aromatic nitrogens is 1. The van der Waals surface area contributed by atoms with E-state index in [1.165, 1.54) is 0 Å². The monoisotopic (exact) mass is 300 g/mol. The average Bonchev–Trinajstić information content (AvgIpc) is 2.91. The fraction of sp³-hybridized carbons (Fsp3) is 0.250. The zero-order valence-corrected chi connectivity index (χ0v) is 12.3. The Balaban J connectivity index is 1.61. The van der Waals surface area contributed by atoms with Crippen LogP contribution >= 0.6 is 11.8 Å². The van der Waals surface area contributed by atoms with Gasteiger partial charge in [0.2, 0.25) is 5.91 Å². The molecule has 0 spiro atoms. The van der Waals surface area contributed by atoms with Crippen molar-refractivity contribution in [2.45, 2.75) is 5.37 Å². The van der Waals surface area contributed by atoms with Crippen molar-refractivity contribution in [2.24, 2.45) is 0 Å². The molecule has 108 valence electrons. The maximum atomic E-state index is 12.0. The molecule has 21 heavy (non-hydrogen) atoms. The predicted octanol–water partition coefficient (Wildman–Crippen LogP) is 2.73. The highest BCUT2D eigenvalue weighted by atomic mass is 32.2. The van der Waals surface area contributed by atoms with E-state index in [-0.39, 0.29) is 11.3 Å². The summed E-state index contributed by atoms with van der Waals surface area (Å²) in [7, 11) is 0. The Hall–Kier alpha value is -2.01. The van der Waals surface area contributed by atoms with E-state index >= 15 is 0 Å². The minimum atomic E-state index is 0.0468. The molecule has 2 heterocycles. The van der Waals surface area contributed by atoms with Crippen LogP contribution in [0.3, 0.4) is 0 Å². The predicted molar refractivity (Wildman–Crippen MR) is 83.1 cm³/mol. The number of rotatable bonds is 5. The van der Waals surface area contributed by atoms with E-state index in [2.05, 4.69) is 4.98 Å². The first-order valence-electron chi connectivity index (χ1n) is 6.83. The van der Waals surface area contributed by atoms with Gasteiger partial charge in [-0.2, -0.15) is 0 Å². The molecule has 0 bridgehead atoms. The molecule has 1 aliphatic heterocycles. The van der Waals surface area contributed by atoms with Crippen molar-refractivity contribution in [3.8, 4) is 5.75 Å². The summed E-state index contributed by atoms with van der Waals surface area (Å²) in [6.45, 7) is 1.08. The van der Waals surface area contributed by atoms with E-state index in [1.54, 1.807) is 18.0 Å². The largest absolute Gasteiger partial charge is 0.492 e. The molecule has 1 atom stereocenters. The third kappa shape index (κ3) is 3.36. The summed E-state index contributed by atoms with van der Waals surface area (Å²) in [6.07, 6.45) is 3.56. The first-order valence-corrected chi connectivity index (χ1v) is 7.88. The van der Waals surface area contributed by atoms with Gasteiger partial charge in [-0.05, 0) is 18.2 Å². The van der Waals surface area contributed by atoms with Crippen LogP contribution in [0.1, 0.15) is 10.9 Å². The van der Waals surface area contributed by atoms with Gasteiger partial charge in [0.1, 0.15) is 17.7 Å². The second-order valence-corrected chi connectivity index (χ2v) is 5.77. The molecule has 1 aromatic heterocycles. The third-order valence-electron chi connectivity index (χ3n) is 3.28.